The van der Waals surface area contributed by atoms with Crippen molar-refractivity contribution in [2.75, 3.05) is 7.05 Å². The van der Waals surface area contributed by atoms with Crippen LogP contribution in [0.3, 0.4) is 0 Å². The predicted octanol–water partition coefficient (Wildman–Crippen LogP) is 4.50. The van der Waals surface area contributed by atoms with E-state index in [1.807, 2.05) is 49.4 Å². The molecule has 0 saturated heterocycles. The maximum atomic E-state index is 12.2. The minimum Gasteiger partial charge on any atom is -0.336 e. The van der Waals surface area contributed by atoms with Gasteiger partial charge >= 0.3 is 6.03 Å². The first-order chi connectivity index (χ1) is 11.0. The Kier molecular flexibility index (Phi) is 6.48. The Morgan fingerprint density at radius 3 is 2.39 bits per heavy atom. The van der Waals surface area contributed by atoms with E-state index in [0.29, 0.717) is 11.6 Å². The first-order valence-electron chi connectivity index (χ1n) is 7.84. The summed E-state index contributed by atoms with van der Waals surface area (Å²) in [4.78, 5) is 13.9. The Bertz CT molecular complexity index is 613. The van der Waals surface area contributed by atoms with Crippen molar-refractivity contribution in [1.82, 2.24) is 10.2 Å². The Hall–Kier alpha value is -2.00. The highest BCUT2D eigenvalue weighted by Crippen LogP contribution is 2.11. The third-order valence-corrected chi connectivity index (χ3v) is 4.01. The van der Waals surface area contributed by atoms with Crippen LogP contribution in [0.2, 0.25) is 5.02 Å². The maximum absolute atomic E-state index is 12.2. The van der Waals surface area contributed by atoms with Gasteiger partial charge in [0.2, 0.25) is 0 Å². The molecule has 0 aromatic heterocycles. The highest BCUT2D eigenvalue weighted by molar-refractivity contribution is 6.30. The van der Waals surface area contributed by atoms with E-state index in [-0.39, 0.29) is 12.1 Å². The highest BCUT2D eigenvalue weighted by atomic mass is 35.5. The number of halogens is 1. The summed E-state index contributed by atoms with van der Waals surface area (Å²) in [7, 11) is 1.80. The number of amides is 2. The molecule has 1 N–H and O–H groups in total. The van der Waals surface area contributed by atoms with Crippen molar-refractivity contribution < 1.29 is 4.79 Å². The normalized spacial score (nSPS) is 11.8. The monoisotopic (exact) mass is 330 g/mol. The Morgan fingerprint density at radius 1 is 1.09 bits per heavy atom. The summed E-state index contributed by atoms with van der Waals surface area (Å²) < 4.78 is 0. The first-order valence-corrected chi connectivity index (χ1v) is 8.22. The lowest BCUT2D eigenvalue weighted by molar-refractivity contribution is 0.203. The number of nitrogens with one attached hydrogen (secondary N) is 1. The molecule has 4 heteroatoms. The van der Waals surface area contributed by atoms with E-state index in [2.05, 4.69) is 17.4 Å². The van der Waals surface area contributed by atoms with Gasteiger partial charge in [0.1, 0.15) is 0 Å². The molecule has 2 aromatic carbocycles. The van der Waals surface area contributed by atoms with Crippen LogP contribution in [0, 0.1) is 0 Å². The standard InChI is InChI=1S/C19H23ClN2O/c1-15(8-9-16-6-4-3-5-7-16)21-19(23)22(2)14-17-10-12-18(20)13-11-17/h3-7,10-13,15H,8-9,14H2,1-2H3,(H,21,23). The topological polar surface area (TPSA) is 32.3 Å². The number of hydrogen-bond acceptors (Lipinski definition) is 1. The summed E-state index contributed by atoms with van der Waals surface area (Å²) >= 11 is 5.87. The number of rotatable bonds is 6. The number of carbonyl (C=O) groups is 1. The van der Waals surface area contributed by atoms with Gasteiger partial charge in [-0.1, -0.05) is 54.1 Å². The molecule has 23 heavy (non-hydrogen) atoms. The third kappa shape index (κ3) is 5.95. The molecule has 2 aromatic rings. The summed E-state index contributed by atoms with van der Waals surface area (Å²) in [5.74, 6) is 0. The lowest BCUT2D eigenvalue weighted by atomic mass is 10.1. The second kappa shape index (κ2) is 8.59. The molecule has 0 fully saturated rings. The molecule has 3 nitrogen and oxygen atoms in total. The molecule has 0 aliphatic carbocycles. The van der Waals surface area contributed by atoms with Gasteiger partial charge in [0.05, 0.1) is 0 Å². The van der Waals surface area contributed by atoms with Crippen LogP contribution in [0.1, 0.15) is 24.5 Å². The van der Waals surface area contributed by atoms with Gasteiger partial charge in [-0.2, -0.15) is 0 Å². The van der Waals surface area contributed by atoms with Crippen molar-refractivity contribution >= 4 is 17.6 Å². The van der Waals surface area contributed by atoms with Crippen LogP contribution < -0.4 is 5.32 Å². The molecule has 2 rings (SSSR count). The van der Waals surface area contributed by atoms with Crippen molar-refractivity contribution in [2.24, 2.45) is 0 Å². The largest absolute Gasteiger partial charge is 0.336 e. The molecule has 2 amide bonds. The minimum absolute atomic E-state index is 0.0551. The number of carbonyl (C=O) groups excluding carboxylic acids is 1. The lowest BCUT2D eigenvalue weighted by Crippen LogP contribution is -2.41. The van der Waals surface area contributed by atoms with Crippen LogP contribution in [0.25, 0.3) is 0 Å². The number of nitrogens with zero attached hydrogens (tertiary/aromatic N) is 1. The van der Waals surface area contributed by atoms with Gasteiger partial charge < -0.3 is 10.2 Å². The van der Waals surface area contributed by atoms with Gasteiger partial charge in [-0.25, -0.2) is 4.79 Å². The Labute approximate surface area is 143 Å². The fraction of sp³-hybridized carbons (Fsp3) is 0.316. The van der Waals surface area contributed by atoms with Gasteiger partial charge in [-0.05, 0) is 43.0 Å². The second-order valence-electron chi connectivity index (χ2n) is 5.86. The molecule has 0 bridgehead atoms. The molecule has 0 aliphatic heterocycles. The summed E-state index contributed by atoms with van der Waals surface area (Å²) in [6.07, 6.45) is 1.88. The van der Waals surface area contributed by atoms with Crippen LogP contribution in [-0.2, 0) is 13.0 Å². The molecule has 0 aliphatic rings. The Balaban J connectivity index is 1.77. The highest BCUT2D eigenvalue weighted by Gasteiger charge is 2.12. The van der Waals surface area contributed by atoms with E-state index in [1.165, 1.54) is 5.56 Å². The van der Waals surface area contributed by atoms with Crippen LogP contribution in [0.4, 0.5) is 4.79 Å². The van der Waals surface area contributed by atoms with E-state index in [0.717, 1.165) is 18.4 Å². The number of hydrogen-bond donors (Lipinski definition) is 1. The second-order valence-corrected chi connectivity index (χ2v) is 6.29. The fourth-order valence-corrected chi connectivity index (χ4v) is 2.48. The van der Waals surface area contributed by atoms with Crippen LogP contribution in [0.15, 0.2) is 54.6 Å². The van der Waals surface area contributed by atoms with Crippen molar-refractivity contribution in [3.63, 3.8) is 0 Å². The van der Waals surface area contributed by atoms with E-state index in [1.54, 1.807) is 11.9 Å². The van der Waals surface area contributed by atoms with Crippen molar-refractivity contribution in [3.05, 3.63) is 70.7 Å². The van der Waals surface area contributed by atoms with Crippen LogP contribution in [0.5, 0.6) is 0 Å². The molecule has 0 saturated carbocycles. The number of urea groups is 1. The van der Waals surface area contributed by atoms with E-state index in [4.69, 9.17) is 11.6 Å². The molecule has 122 valence electrons. The molecule has 0 heterocycles. The molecular weight excluding hydrogens is 308 g/mol. The van der Waals surface area contributed by atoms with Gasteiger partial charge in [0, 0.05) is 24.7 Å². The van der Waals surface area contributed by atoms with Crippen LogP contribution >= 0.6 is 11.6 Å². The zero-order chi connectivity index (χ0) is 16.7. The van der Waals surface area contributed by atoms with Gasteiger partial charge in [-0.3, -0.25) is 0 Å². The molecule has 0 spiro atoms. The van der Waals surface area contributed by atoms with Crippen molar-refractivity contribution in [2.45, 2.75) is 32.4 Å². The third-order valence-electron chi connectivity index (χ3n) is 3.76. The van der Waals surface area contributed by atoms with E-state index >= 15 is 0 Å². The minimum atomic E-state index is -0.0551. The van der Waals surface area contributed by atoms with Gasteiger partial charge in [-0.15, -0.1) is 0 Å². The first kappa shape index (κ1) is 17.4. The molecular formula is C19H23ClN2O. The lowest BCUT2D eigenvalue weighted by Gasteiger charge is -2.21. The van der Waals surface area contributed by atoms with Gasteiger partial charge in [0.25, 0.3) is 0 Å². The number of aryl methyl sites for hydroxylation is 1. The quantitative estimate of drug-likeness (QED) is 0.830. The average molecular weight is 331 g/mol. The summed E-state index contributed by atoms with van der Waals surface area (Å²) in [5.41, 5.74) is 2.35. The zero-order valence-electron chi connectivity index (χ0n) is 13.6. The summed E-state index contributed by atoms with van der Waals surface area (Å²) in [6.45, 7) is 2.60. The summed E-state index contributed by atoms with van der Waals surface area (Å²) in [5, 5.41) is 3.75. The fourth-order valence-electron chi connectivity index (χ4n) is 2.36. The summed E-state index contributed by atoms with van der Waals surface area (Å²) in [6, 6.07) is 17.9. The van der Waals surface area contributed by atoms with Gasteiger partial charge in [0.15, 0.2) is 0 Å². The SMILES string of the molecule is CC(CCc1ccccc1)NC(=O)N(C)Cc1ccc(Cl)cc1. The smallest absolute Gasteiger partial charge is 0.317 e. The maximum Gasteiger partial charge on any atom is 0.317 e. The van der Waals surface area contributed by atoms with E-state index in [9.17, 15) is 4.79 Å². The zero-order valence-corrected chi connectivity index (χ0v) is 14.4. The van der Waals surface area contributed by atoms with Crippen LogP contribution in [-0.4, -0.2) is 24.0 Å². The average Bonchev–Trinajstić information content (AvgIpc) is 2.56. The molecule has 0 radical (unpaired) electrons. The molecule has 1 unspecified atom stereocenters. The van der Waals surface area contributed by atoms with Crippen molar-refractivity contribution in [3.8, 4) is 0 Å². The number of benzene rings is 2. The Morgan fingerprint density at radius 2 is 1.74 bits per heavy atom. The van der Waals surface area contributed by atoms with E-state index < -0.39 is 0 Å². The molecule has 1 atom stereocenters. The van der Waals surface area contributed by atoms with Crippen molar-refractivity contribution in [1.29, 1.82) is 0 Å². The predicted molar refractivity (Wildman–Crippen MR) is 95.7 cm³/mol.